The molecule has 0 bridgehead atoms. The first kappa shape index (κ1) is 12.3. The molecule has 1 saturated heterocycles. The summed E-state index contributed by atoms with van der Waals surface area (Å²) in [6.07, 6.45) is -6.22. The summed E-state index contributed by atoms with van der Waals surface area (Å²) in [6, 6.07) is 0. The maximum absolute atomic E-state index is 12.0. The zero-order chi connectivity index (χ0) is 11.6. The van der Waals surface area contributed by atoms with Gasteiger partial charge in [0.25, 0.3) is 0 Å². The fourth-order valence-corrected chi connectivity index (χ4v) is 1.66. The SMILES string of the molecule is C[C@@H]1CN(C(=O)CC(F)(F)F)C[C@H](C)O1. The summed E-state index contributed by atoms with van der Waals surface area (Å²) < 4.78 is 41.3. The van der Waals surface area contributed by atoms with Gasteiger partial charge in [-0.05, 0) is 13.8 Å². The molecule has 0 N–H and O–H groups in total. The van der Waals surface area contributed by atoms with Gasteiger partial charge in [-0.3, -0.25) is 4.79 Å². The molecule has 88 valence electrons. The van der Waals surface area contributed by atoms with Crippen LogP contribution in [0.3, 0.4) is 0 Å². The van der Waals surface area contributed by atoms with Crippen molar-refractivity contribution >= 4 is 5.91 Å². The first-order chi connectivity index (χ1) is 6.78. The molecule has 15 heavy (non-hydrogen) atoms. The van der Waals surface area contributed by atoms with Crippen LogP contribution in [0.15, 0.2) is 0 Å². The molecule has 0 spiro atoms. The van der Waals surface area contributed by atoms with Crippen molar-refractivity contribution in [3.8, 4) is 0 Å². The molecule has 0 saturated carbocycles. The lowest BCUT2D eigenvalue weighted by Gasteiger charge is -2.35. The van der Waals surface area contributed by atoms with Crippen molar-refractivity contribution in [1.82, 2.24) is 4.90 Å². The number of amides is 1. The lowest BCUT2D eigenvalue weighted by molar-refractivity contribution is -0.168. The van der Waals surface area contributed by atoms with Crippen LogP contribution in [0, 0.1) is 0 Å². The summed E-state index contributed by atoms with van der Waals surface area (Å²) >= 11 is 0. The highest BCUT2D eigenvalue weighted by Gasteiger charge is 2.35. The second-order valence-electron chi connectivity index (χ2n) is 3.85. The summed E-state index contributed by atoms with van der Waals surface area (Å²) in [6.45, 7) is 3.95. The molecule has 1 heterocycles. The Hall–Kier alpha value is -0.780. The van der Waals surface area contributed by atoms with Gasteiger partial charge in [-0.25, -0.2) is 0 Å². The maximum Gasteiger partial charge on any atom is 0.397 e. The molecule has 1 fully saturated rings. The van der Waals surface area contributed by atoms with E-state index >= 15 is 0 Å². The lowest BCUT2D eigenvalue weighted by atomic mass is 10.2. The van der Waals surface area contributed by atoms with E-state index in [0.29, 0.717) is 0 Å². The van der Waals surface area contributed by atoms with Gasteiger partial charge in [0.05, 0.1) is 12.2 Å². The van der Waals surface area contributed by atoms with Gasteiger partial charge in [0, 0.05) is 13.1 Å². The molecule has 0 aliphatic carbocycles. The van der Waals surface area contributed by atoms with Crippen molar-refractivity contribution in [2.24, 2.45) is 0 Å². The minimum atomic E-state index is -4.43. The van der Waals surface area contributed by atoms with Crippen LogP contribution in [0.2, 0.25) is 0 Å². The zero-order valence-corrected chi connectivity index (χ0v) is 8.67. The van der Waals surface area contributed by atoms with Crippen LogP contribution < -0.4 is 0 Å². The molecule has 1 rings (SSSR count). The highest BCUT2D eigenvalue weighted by atomic mass is 19.4. The molecule has 6 heteroatoms. The topological polar surface area (TPSA) is 29.5 Å². The van der Waals surface area contributed by atoms with Gasteiger partial charge in [-0.2, -0.15) is 13.2 Å². The van der Waals surface area contributed by atoms with E-state index in [4.69, 9.17) is 4.74 Å². The van der Waals surface area contributed by atoms with Crippen LogP contribution in [0.4, 0.5) is 13.2 Å². The molecule has 3 nitrogen and oxygen atoms in total. The minimum absolute atomic E-state index is 0.203. The molecule has 1 aliphatic heterocycles. The van der Waals surface area contributed by atoms with E-state index in [9.17, 15) is 18.0 Å². The largest absolute Gasteiger partial charge is 0.397 e. The number of carbonyl (C=O) groups excluding carboxylic acids is 1. The van der Waals surface area contributed by atoms with Gasteiger partial charge in [0.1, 0.15) is 6.42 Å². The second kappa shape index (κ2) is 4.38. The number of carbonyl (C=O) groups is 1. The van der Waals surface area contributed by atoms with Crippen molar-refractivity contribution < 1.29 is 22.7 Å². The van der Waals surface area contributed by atoms with Crippen molar-refractivity contribution in [2.45, 2.75) is 38.7 Å². The number of halogens is 3. The highest BCUT2D eigenvalue weighted by Crippen LogP contribution is 2.22. The molecule has 0 aromatic carbocycles. The number of alkyl halides is 3. The lowest BCUT2D eigenvalue weighted by Crippen LogP contribution is -2.49. The van der Waals surface area contributed by atoms with Crippen molar-refractivity contribution in [3.63, 3.8) is 0 Å². The number of ether oxygens (including phenoxy) is 1. The van der Waals surface area contributed by atoms with E-state index in [0.717, 1.165) is 0 Å². The average Bonchev–Trinajstić information content (AvgIpc) is 1.98. The Labute approximate surface area is 86.2 Å². The molecule has 0 aromatic rings. The number of morpholine rings is 1. The van der Waals surface area contributed by atoms with Crippen molar-refractivity contribution in [3.05, 3.63) is 0 Å². The van der Waals surface area contributed by atoms with Gasteiger partial charge >= 0.3 is 6.18 Å². The molecule has 1 aliphatic rings. The van der Waals surface area contributed by atoms with Crippen LogP contribution in [-0.2, 0) is 9.53 Å². The van der Waals surface area contributed by atoms with Gasteiger partial charge < -0.3 is 9.64 Å². The molecular weight excluding hydrogens is 211 g/mol. The summed E-state index contributed by atoms with van der Waals surface area (Å²) in [4.78, 5) is 12.5. The van der Waals surface area contributed by atoms with E-state index in [1.165, 1.54) is 4.90 Å². The monoisotopic (exact) mass is 225 g/mol. The third-order valence-corrected chi connectivity index (χ3v) is 2.12. The number of rotatable bonds is 1. The molecule has 0 radical (unpaired) electrons. The fraction of sp³-hybridized carbons (Fsp3) is 0.889. The summed E-state index contributed by atoms with van der Waals surface area (Å²) in [5.41, 5.74) is 0. The highest BCUT2D eigenvalue weighted by molar-refractivity contribution is 5.77. The molecule has 2 atom stereocenters. The van der Waals surface area contributed by atoms with Gasteiger partial charge in [0.15, 0.2) is 0 Å². The fourth-order valence-electron chi connectivity index (χ4n) is 1.66. The van der Waals surface area contributed by atoms with Gasteiger partial charge in [0.2, 0.25) is 5.91 Å². The third kappa shape index (κ3) is 4.07. The Bertz CT molecular complexity index is 232. The van der Waals surface area contributed by atoms with Crippen LogP contribution >= 0.6 is 0 Å². The quantitative estimate of drug-likeness (QED) is 0.678. The molecule has 0 aromatic heterocycles. The van der Waals surface area contributed by atoms with E-state index < -0.39 is 18.5 Å². The zero-order valence-electron chi connectivity index (χ0n) is 8.67. The molecule has 1 amide bonds. The van der Waals surface area contributed by atoms with E-state index in [1.54, 1.807) is 13.8 Å². The summed E-state index contributed by atoms with van der Waals surface area (Å²) in [5, 5.41) is 0. The Morgan fingerprint density at radius 1 is 1.33 bits per heavy atom. The van der Waals surface area contributed by atoms with Crippen LogP contribution in [0.25, 0.3) is 0 Å². The van der Waals surface area contributed by atoms with Crippen molar-refractivity contribution in [1.29, 1.82) is 0 Å². The molecular formula is C9H14F3NO2. The van der Waals surface area contributed by atoms with E-state index in [1.807, 2.05) is 0 Å². The van der Waals surface area contributed by atoms with Crippen LogP contribution in [-0.4, -0.2) is 42.3 Å². The number of nitrogens with zero attached hydrogens (tertiary/aromatic N) is 1. The van der Waals surface area contributed by atoms with Crippen LogP contribution in [0.5, 0.6) is 0 Å². The first-order valence-electron chi connectivity index (χ1n) is 4.78. The van der Waals surface area contributed by atoms with Crippen LogP contribution in [0.1, 0.15) is 20.3 Å². The minimum Gasteiger partial charge on any atom is -0.372 e. The Balaban J connectivity index is 2.52. The predicted octanol–water partition coefficient (Wildman–Crippen LogP) is 1.57. The molecule has 0 unspecified atom stereocenters. The predicted molar refractivity (Wildman–Crippen MR) is 47.3 cm³/mol. The third-order valence-electron chi connectivity index (χ3n) is 2.12. The first-order valence-corrected chi connectivity index (χ1v) is 4.78. The van der Waals surface area contributed by atoms with Gasteiger partial charge in [-0.15, -0.1) is 0 Å². The normalized spacial score (nSPS) is 27.9. The Kier molecular flexibility index (Phi) is 3.59. The van der Waals surface area contributed by atoms with Gasteiger partial charge in [-0.1, -0.05) is 0 Å². The summed E-state index contributed by atoms with van der Waals surface area (Å²) in [7, 11) is 0. The maximum atomic E-state index is 12.0. The van der Waals surface area contributed by atoms with E-state index in [-0.39, 0.29) is 25.3 Å². The standard InChI is InChI=1S/C9H14F3NO2/c1-6-4-13(5-7(2)15-6)8(14)3-9(10,11)12/h6-7H,3-5H2,1-2H3/t6-,7+. The van der Waals surface area contributed by atoms with Crippen molar-refractivity contribution in [2.75, 3.05) is 13.1 Å². The Morgan fingerprint density at radius 3 is 2.20 bits per heavy atom. The summed E-state index contributed by atoms with van der Waals surface area (Å²) in [5.74, 6) is -0.871. The number of hydrogen-bond acceptors (Lipinski definition) is 2. The number of hydrogen-bond donors (Lipinski definition) is 0. The van der Waals surface area contributed by atoms with E-state index in [2.05, 4.69) is 0 Å². The smallest absolute Gasteiger partial charge is 0.372 e. The second-order valence-corrected chi connectivity index (χ2v) is 3.85. The Morgan fingerprint density at radius 2 is 1.80 bits per heavy atom. The average molecular weight is 225 g/mol.